The number of thiazole rings is 1. The van der Waals surface area contributed by atoms with E-state index in [1.165, 1.54) is 11.8 Å². The zero-order valence-electron chi connectivity index (χ0n) is 9.77. The third-order valence-electron chi connectivity index (χ3n) is 2.37. The Labute approximate surface area is 109 Å². The number of aryl methyl sites for hydroxylation is 2. The molecule has 0 aliphatic heterocycles. The molecule has 0 radical (unpaired) electrons. The number of carbonyl (C=O) groups is 1. The molecule has 1 heterocycles. The molecule has 0 aliphatic carbocycles. The molecule has 0 aliphatic rings. The molecule has 0 N–H and O–H groups in total. The molecule has 1 aromatic carbocycles. The summed E-state index contributed by atoms with van der Waals surface area (Å²) in [6, 6.07) is 7.69. The standard InChI is InChI=1S/C13H13NOS2/c1-9-5-3-4-6-11(9)12(15)8-17-13-14-10(2)7-16-13/h3-7H,8H2,1-2H3. The van der Waals surface area contributed by atoms with E-state index in [1.54, 1.807) is 11.3 Å². The van der Waals surface area contributed by atoms with Gasteiger partial charge >= 0.3 is 0 Å². The van der Waals surface area contributed by atoms with Gasteiger partial charge in [0.1, 0.15) is 0 Å². The van der Waals surface area contributed by atoms with E-state index in [9.17, 15) is 4.79 Å². The van der Waals surface area contributed by atoms with E-state index in [-0.39, 0.29) is 5.78 Å². The molecule has 0 unspecified atom stereocenters. The van der Waals surface area contributed by atoms with Crippen molar-refractivity contribution in [1.82, 2.24) is 4.98 Å². The van der Waals surface area contributed by atoms with Gasteiger partial charge in [-0.1, -0.05) is 36.0 Å². The third-order valence-corrected chi connectivity index (χ3v) is 4.51. The number of nitrogens with zero attached hydrogens (tertiary/aromatic N) is 1. The van der Waals surface area contributed by atoms with Gasteiger partial charge in [0.2, 0.25) is 0 Å². The minimum Gasteiger partial charge on any atom is -0.293 e. The minimum absolute atomic E-state index is 0.168. The van der Waals surface area contributed by atoms with Crippen LogP contribution in [0, 0.1) is 13.8 Å². The first kappa shape index (κ1) is 12.3. The summed E-state index contributed by atoms with van der Waals surface area (Å²) in [5, 5.41) is 2.00. The fourth-order valence-electron chi connectivity index (χ4n) is 1.49. The van der Waals surface area contributed by atoms with Crippen molar-refractivity contribution in [2.75, 3.05) is 5.75 Å². The van der Waals surface area contributed by atoms with Crippen LogP contribution in [0.25, 0.3) is 0 Å². The van der Waals surface area contributed by atoms with Crippen LogP contribution >= 0.6 is 23.1 Å². The van der Waals surface area contributed by atoms with Crippen molar-refractivity contribution in [3.05, 3.63) is 46.5 Å². The summed E-state index contributed by atoms with van der Waals surface area (Å²) < 4.78 is 0.962. The molecule has 0 bridgehead atoms. The van der Waals surface area contributed by atoms with Crippen LogP contribution < -0.4 is 0 Å². The highest BCUT2D eigenvalue weighted by Crippen LogP contribution is 2.23. The molecule has 1 aromatic heterocycles. The first-order valence-corrected chi connectivity index (χ1v) is 7.17. The number of thioether (sulfide) groups is 1. The normalized spacial score (nSPS) is 10.5. The Hall–Kier alpha value is -1.13. The van der Waals surface area contributed by atoms with E-state index in [0.717, 1.165) is 21.2 Å². The van der Waals surface area contributed by atoms with Crippen LogP contribution in [-0.4, -0.2) is 16.5 Å². The highest BCUT2D eigenvalue weighted by Gasteiger charge is 2.10. The van der Waals surface area contributed by atoms with Crippen LogP contribution in [0.3, 0.4) is 0 Å². The minimum atomic E-state index is 0.168. The van der Waals surface area contributed by atoms with E-state index < -0.39 is 0 Å². The van der Waals surface area contributed by atoms with E-state index in [0.29, 0.717) is 5.75 Å². The lowest BCUT2D eigenvalue weighted by atomic mass is 10.1. The lowest BCUT2D eigenvalue weighted by Gasteiger charge is -2.02. The number of carbonyl (C=O) groups excluding carboxylic acids is 1. The molecular formula is C13H13NOS2. The number of hydrogen-bond donors (Lipinski definition) is 0. The molecule has 2 aromatic rings. The van der Waals surface area contributed by atoms with E-state index in [2.05, 4.69) is 4.98 Å². The van der Waals surface area contributed by atoms with Gasteiger partial charge < -0.3 is 0 Å². The SMILES string of the molecule is Cc1csc(SCC(=O)c2ccccc2C)n1. The quantitative estimate of drug-likeness (QED) is 0.622. The first-order chi connectivity index (χ1) is 8.16. The van der Waals surface area contributed by atoms with Gasteiger partial charge in [0, 0.05) is 16.6 Å². The van der Waals surface area contributed by atoms with Gasteiger partial charge in [-0.25, -0.2) is 4.98 Å². The Kier molecular flexibility index (Phi) is 3.97. The van der Waals surface area contributed by atoms with Crippen molar-refractivity contribution in [1.29, 1.82) is 0 Å². The van der Waals surface area contributed by atoms with Crippen molar-refractivity contribution < 1.29 is 4.79 Å². The van der Waals surface area contributed by atoms with Crippen LogP contribution in [0.4, 0.5) is 0 Å². The number of rotatable bonds is 4. The molecule has 2 rings (SSSR count). The van der Waals surface area contributed by atoms with Crippen LogP contribution in [0.1, 0.15) is 21.6 Å². The van der Waals surface area contributed by atoms with Crippen molar-refractivity contribution in [3.8, 4) is 0 Å². The number of Topliss-reactive ketones (excluding diaryl/α,β-unsaturated/α-hetero) is 1. The van der Waals surface area contributed by atoms with Crippen molar-refractivity contribution >= 4 is 28.9 Å². The van der Waals surface area contributed by atoms with Crippen LogP contribution in [0.15, 0.2) is 34.0 Å². The van der Waals surface area contributed by atoms with Gasteiger partial charge in [-0.05, 0) is 19.4 Å². The topological polar surface area (TPSA) is 30.0 Å². The molecule has 2 nitrogen and oxygen atoms in total. The van der Waals surface area contributed by atoms with Gasteiger partial charge in [-0.3, -0.25) is 4.79 Å². The van der Waals surface area contributed by atoms with Crippen LogP contribution in [0.2, 0.25) is 0 Å². The summed E-state index contributed by atoms with van der Waals surface area (Å²) in [5.41, 5.74) is 2.86. The average molecular weight is 263 g/mol. The van der Waals surface area contributed by atoms with Crippen LogP contribution in [-0.2, 0) is 0 Å². The number of hydrogen-bond acceptors (Lipinski definition) is 4. The van der Waals surface area contributed by atoms with Crippen molar-refractivity contribution in [2.24, 2.45) is 0 Å². The van der Waals surface area contributed by atoms with Crippen molar-refractivity contribution in [2.45, 2.75) is 18.2 Å². The summed E-state index contributed by atoms with van der Waals surface area (Å²) in [7, 11) is 0. The maximum atomic E-state index is 12.0. The fraction of sp³-hybridized carbons (Fsp3) is 0.231. The van der Waals surface area contributed by atoms with Gasteiger partial charge in [-0.2, -0.15) is 0 Å². The van der Waals surface area contributed by atoms with Gasteiger partial charge in [0.15, 0.2) is 10.1 Å². The second kappa shape index (κ2) is 5.47. The lowest BCUT2D eigenvalue weighted by Crippen LogP contribution is -2.04. The largest absolute Gasteiger partial charge is 0.293 e. The zero-order chi connectivity index (χ0) is 12.3. The maximum Gasteiger partial charge on any atom is 0.173 e. The summed E-state index contributed by atoms with van der Waals surface area (Å²) in [6.07, 6.45) is 0. The Bertz CT molecular complexity index is 534. The Morgan fingerprint density at radius 3 is 2.76 bits per heavy atom. The summed E-state index contributed by atoms with van der Waals surface area (Å²) in [4.78, 5) is 16.3. The Morgan fingerprint density at radius 2 is 2.12 bits per heavy atom. The predicted molar refractivity (Wildman–Crippen MR) is 73.1 cm³/mol. The predicted octanol–water partition coefficient (Wildman–Crippen LogP) is 3.73. The molecule has 88 valence electrons. The van der Waals surface area contributed by atoms with Crippen LogP contribution in [0.5, 0.6) is 0 Å². The second-order valence-corrected chi connectivity index (χ2v) is 5.86. The zero-order valence-corrected chi connectivity index (χ0v) is 11.4. The highest BCUT2D eigenvalue weighted by atomic mass is 32.2. The van der Waals surface area contributed by atoms with E-state index >= 15 is 0 Å². The number of ketones is 1. The van der Waals surface area contributed by atoms with Crippen molar-refractivity contribution in [3.63, 3.8) is 0 Å². The Balaban J connectivity index is 2.01. The van der Waals surface area contributed by atoms with E-state index in [1.807, 2.05) is 43.5 Å². The molecule has 0 saturated carbocycles. The summed E-state index contributed by atoms with van der Waals surface area (Å²) in [6.45, 7) is 3.93. The highest BCUT2D eigenvalue weighted by molar-refractivity contribution is 8.01. The van der Waals surface area contributed by atoms with Gasteiger partial charge in [0.25, 0.3) is 0 Å². The average Bonchev–Trinajstić information content (AvgIpc) is 2.73. The number of aromatic nitrogens is 1. The van der Waals surface area contributed by atoms with Gasteiger partial charge in [-0.15, -0.1) is 11.3 Å². The lowest BCUT2D eigenvalue weighted by molar-refractivity contribution is 0.102. The first-order valence-electron chi connectivity index (χ1n) is 5.30. The summed E-state index contributed by atoms with van der Waals surface area (Å²) >= 11 is 3.10. The molecule has 0 saturated heterocycles. The van der Waals surface area contributed by atoms with E-state index in [4.69, 9.17) is 0 Å². The molecule has 0 fully saturated rings. The fourth-order valence-corrected chi connectivity index (χ4v) is 3.22. The molecule has 0 spiro atoms. The molecule has 0 amide bonds. The van der Waals surface area contributed by atoms with Gasteiger partial charge in [0.05, 0.1) is 5.75 Å². The maximum absolute atomic E-state index is 12.0. The monoisotopic (exact) mass is 263 g/mol. The molecule has 0 atom stereocenters. The Morgan fingerprint density at radius 1 is 1.35 bits per heavy atom. The molecule has 17 heavy (non-hydrogen) atoms. The second-order valence-electron chi connectivity index (χ2n) is 3.78. The molecular weight excluding hydrogens is 250 g/mol. The molecule has 4 heteroatoms. The summed E-state index contributed by atoms with van der Waals surface area (Å²) in [5.74, 6) is 0.624. The number of benzene rings is 1. The third kappa shape index (κ3) is 3.17. The smallest absolute Gasteiger partial charge is 0.173 e.